The SMILES string of the molecule is O=C(O)CC1C(=O)NCCN1S(=O)(=O)NC1CC1. The molecule has 0 aromatic heterocycles. The number of hydrogen-bond donors (Lipinski definition) is 3. The van der Waals surface area contributed by atoms with Crippen LogP contribution in [0.1, 0.15) is 19.3 Å². The Morgan fingerprint density at radius 2 is 2.17 bits per heavy atom. The first-order valence-electron chi connectivity index (χ1n) is 5.69. The van der Waals surface area contributed by atoms with Crippen molar-refractivity contribution in [3.05, 3.63) is 0 Å². The molecule has 0 spiro atoms. The molecule has 18 heavy (non-hydrogen) atoms. The van der Waals surface area contributed by atoms with Crippen molar-refractivity contribution in [2.45, 2.75) is 31.3 Å². The Labute approximate surface area is 105 Å². The molecule has 1 unspecified atom stereocenters. The number of nitrogens with zero attached hydrogens (tertiary/aromatic N) is 1. The van der Waals surface area contributed by atoms with Gasteiger partial charge in [0.2, 0.25) is 5.91 Å². The van der Waals surface area contributed by atoms with Crippen LogP contribution in [0.3, 0.4) is 0 Å². The summed E-state index contributed by atoms with van der Waals surface area (Å²) >= 11 is 0. The van der Waals surface area contributed by atoms with Crippen molar-refractivity contribution in [3.8, 4) is 0 Å². The summed E-state index contributed by atoms with van der Waals surface area (Å²) in [5, 5.41) is 11.2. The largest absolute Gasteiger partial charge is 0.481 e. The number of carboxylic acid groups (broad SMARTS) is 1. The van der Waals surface area contributed by atoms with Gasteiger partial charge < -0.3 is 10.4 Å². The van der Waals surface area contributed by atoms with E-state index in [1.807, 2.05) is 0 Å². The Morgan fingerprint density at radius 3 is 2.72 bits per heavy atom. The van der Waals surface area contributed by atoms with Gasteiger partial charge in [0, 0.05) is 19.1 Å². The molecule has 1 heterocycles. The molecule has 1 aliphatic carbocycles. The van der Waals surface area contributed by atoms with E-state index in [0.29, 0.717) is 0 Å². The Bertz CT molecular complexity index is 459. The molecule has 1 saturated heterocycles. The summed E-state index contributed by atoms with van der Waals surface area (Å²) in [6, 6.07) is -1.25. The van der Waals surface area contributed by atoms with Crippen LogP contribution < -0.4 is 10.0 Å². The Morgan fingerprint density at radius 1 is 1.50 bits per heavy atom. The maximum absolute atomic E-state index is 12.0. The molecule has 0 aromatic rings. The zero-order chi connectivity index (χ0) is 13.3. The van der Waals surface area contributed by atoms with Crippen molar-refractivity contribution in [3.63, 3.8) is 0 Å². The second-order valence-electron chi connectivity index (χ2n) is 4.41. The molecule has 1 amide bonds. The molecule has 1 atom stereocenters. The fourth-order valence-electron chi connectivity index (χ4n) is 1.82. The van der Waals surface area contributed by atoms with Gasteiger partial charge in [-0.1, -0.05) is 0 Å². The lowest BCUT2D eigenvalue weighted by Gasteiger charge is -2.33. The summed E-state index contributed by atoms with van der Waals surface area (Å²) in [5.41, 5.74) is 0. The van der Waals surface area contributed by atoms with Crippen molar-refractivity contribution in [2.24, 2.45) is 0 Å². The van der Waals surface area contributed by atoms with Crippen molar-refractivity contribution >= 4 is 22.1 Å². The van der Waals surface area contributed by atoms with Crippen LogP contribution in [-0.4, -0.2) is 54.9 Å². The summed E-state index contributed by atoms with van der Waals surface area (Å²) in [4.78, 5) is 22.3. The summed E-state index contributed by atoms with van der Waals surface area (Å²) in [6.07, 6.45) is 1.03. The number of nitrogens with one attached hydrogen (secondary N) is 2. The van der Waals surface area contributed by atoms with Gasteiger partial charge in [0.1, 0.15) is 6.04 Å². The first kappa shape index (κ1) is 13.2. The van der Waals surface area contributed by atoms with E-state index in [4.69, 9.17) is 5.11 Å². The molecule has 3 N–H and O–H groups in total. The topological polar surface area (TPSA) is 116 Å². The second kappa shape index (κ2) is 4.82. The predicted octanol–water partition coefficient (Wildman–Crippen LogP) is -1.74. The summed E-state index contributed by atoms with van der Waals surface area (Å²) < 4.78 is 27.4. The van der Waals surface area contributed by atoms with Crippen LogP contribution in [-0.2, 0) is 19.8 Å². The van der Waals surface area contributed by atoms with E-state index in [0.717, 1.165) is 17.1 Å². The molecule has 9 heteroatoms. The minimum absolute atomic E-state index is 0.0783. The normalized spacial score (nSPS) is 25.8. The minimum Gasteiger partial charge on any atom is -0.481 e. The van der Waals surface area contributed by atoms with E-state index in [-0.39, 0.29) is 19.1 Å². The molecular weight excluding hydrogens is 262 g/mol. The van der Waals surface area contributed by atoms with Crippen LogP contribution in [0.2, 0.25) is 0 Å². The third-order valence-electron chi connectivity index (χ3n) is 2.85. The van der Waals surface area contributed by atoms with Crippen molar-refractivity contribution < 1.29 is 23.1 Å². The zero-order valence-electron chi connectivity index (χ0n) is 9.63. The van der Waals surface area contributed by atoms with E-state index >= 15 is 0 Å². The molecule has 0 bridgehead atoms. The average Bonchev–Trinajstić information content (AvgIpc) is 3.03. The molecule has 1 aliphatic heterocycles. The summed E-state index contributed by atoms with van der Waals surface area (Å²) in [6.45, 7) is 0.284. The number of carbonyl (C=O) groups is 2. The number of rotatable bonds is 5. The van der Waals surface area contributed by atoms with Gasteiger partial charge in [-0.15, -0.1) is 0 Å². The number of amides is 1. The van der Waals surface area contributed by atoms with Crippen LogP contribution in [0.5, 0.6) is 0 Å². The maximum atomic E-state index is 12.0. The zero-order valence-corrected chi connectivity index (χ0v) is 10.4. The quantitative estimate of drug-likeness (QED) is 0.551. The number of carboxylic acids is 1. The number of aliphatic carboxylic acids is 1. The lowest BCUT2D eigenvalue weighted by molar-refractivity contribution is -0.141. The van der Waals surface area contributed by atoms with Gasteiger partial charge in [-0.05, 0) is 12.8 Å². The van der Waals surface area contributed by atoms with Gasteiger partial charge in [-0.2, -0.15) is 17.4 Å². The smallest absolute Gasteiger partial charge is 0.305 e. The van der Waals surface area contributed by atoms with Gasteiger partial charge >= 0.3 is 5.97 Å². The van der Waals surface area contributed by atoms with Crippen LogP contribution >= 0.6 is 0 Å². The third kappa shape index (κ3) is 2.98. The highest BCUT2D eigenvalue weighted by atomic mass is 32.2. The molecule has 0 aromatic carbocycles. The van der Waals surface area contributed by atoms with E-state index in [1.165, 1.54) is 0 Å². The van der Waals surface area contributed by atoms with Crippen LogP contribution in [0.15, 0.2) is 0 Å². The van der Waals surface area contributed by atoms with Crippen LogP contribution in [0, 0.1) is 0 Å². The highest BCUT2D eigenvalue weighted by molar-refractivity contribution is 7.87. The molecule has 102 valence electrons. The Kier molecular flexibility index (Phi) is 3.55. The molecule has 2 rings (SSSR count). The minimum atomic E-state index is -3.79. The molecule has 2 fully saturated rings. The van der Waals surface area contributed by atoms with E-state index in [9.17, 15) is 18.0 Å². The highest BCUT2D eigenvalue weighted by Crippen LogP contribution is 2.22. The molecule has 2 aliphatic rings. The third-order valence-corrected chi connectivity index (χ3v) is 4.54. The second-order valence-corrected chi connectivity index (χ2v) is 6.07. The van der Waals surface area contributed by atoms with Crippen LogP contribution in [0.25, 0.3) is 0 Å². The molecule has 8 nitrogen and oxygen atoms in total. The van der Waals surface area contributed by atoms with Gasteiger partial charge in [-0.25, -0.2) is 0 Å². The number of hydrogen-bond acceptors (Lipinski definition) is 4. The van der Waals surface area contributed by atoms with Crippen molar-refractivity contribution in [1.82, 2.24) is 14.3 Å². The van der Waals surface area contributed by atoms with Gasteiger partial charge in [0.05, 0.1) is 6.42 Å². The molecular formula is C9H15N3O5S. The van der Waals surface area contributed by atoms with Crippen molar-refractivity contribution in [1.29, 1.82) is 0 Å². The van der Waals surface area contributed by atoms with Gasteiger partial charge in [0.15, 0.2) is 0 Å². The highest BCUT2D eigenvalue weighted by Gasteiger charge is 2.40. The lowest BCUT2D eigenvalue weighted by atomic mass is 10.1. The molecule has 1 saturated carbocycles. The predicted molar refractivity (Wildman–Crippen MR) is 60.8 cm³/mol. The monoisotopic (exact) mass is 277 g/mol. The first-order valence-corrected chi connectivity index (χ1v) is 7.13. The number of carbonyl (C=O) groups excluding carboxylic acids is 1. The van der Waals surface area contributed by atoms with E-state index < -0.39 is 34.5 Å². The van der Waals surface area contributed by atoms with E-state index in [1.54, 1.807) is 0 Å². The maximum Gasteiger partial charge on any atom is 0.305 e. The summed E-state index contributed by atoms with van der Waals surface area (Å²) in [5.74, 6) is -1.77. The lowest BCUT2D eigenvalue weighted by Crippen LogP contribution is -2.60. The standard InChI is InChI=1S/C9H15N3O5S/c13-8(14)5-7-9(15)10-3-4-12(7)18(16,17)11-6-1-2-6/h6-7,11H,1-5H2,(H,10,15)(H,13,14). The Balaban J connectivity index is 2.15. The average molecular weight is 277 g/mol. The Hall–Kier alpha value is -1.19. The van der Waals surface area contributed by atoms with Gasteiger partial charge in [0.25, 0.3) is 10.2 Å². The van der Waals surface area contributed by atoms with Crippen molar-refractivity contribution in [2.75, 3.05) is 13.1 Å². The number of piperazine rings is 1. The fourth-order valence-corrected chi connectivity index (χ4v) is 3.45. The van der Waals surface area contributed by atoms with Gasteiger partial charge in [-0.3, -0.25) is 9.59 Å². The summed E-state index contributed by atoms with van der Waals surface area (Å²) in [7, 11) is -3.79. The fraction of sp³-hybridized carbons (Fsp3) is 0.778. The van der Waals surface area contributed by atoms with Crippen LogP contribution in [0.4, 0.5) is 0 Å². The van der Waals surface area contributed by atoms with E-state index in [2.05, 4.69) is 10.0 Å². The molecule has 0 radical (unpaired) electrons. The first-order chi connectivity index (χ1) is 8.40.